The Morgan fingerprint density at radius 1 is 1.43 bits per heavy atom. The van der Waals surface area contributed by atoms with E-state index in [1.54, 1.807) is 11.0 Å². The molecule has 0 saturated heterocycles. The van der Waals surface area contributed by atoms with Crippen molar-refractivity contribution in [3.63, 3.8) is 0 Å². The minimum absolute atomic E-state index is 0.107. The van der Waals surface area contributed by atoms with Gasteiger partial charge in [-0.3, -0.25) is 14.9 Å². The minimum Gasteiger partial charge on any atom is -0.393 e. The van der Waals surface area contributed by atoms with E-state index in [2.05, 4.69) is 0 Å². The number of nitro groups is 1. The number of benzene rings is 1. The van der Waals surface area contributed by atoms with Gasteiger partial charge in [0.1, 0.15) is 0 Å². The molecule has 0 atom stereocenters. The Labute approximate surface area is 129 Å². The first-order valence-corrected chi connectivity index (χ1v) is 6.88. The van der Waals surface area contributed by atoms with Gasteiger partial charge in [-0.25, -0.2) is 0 Å². The third kappa shape index (κ3) is 4.78. The van der Waals surface area contributed by atoms with E-state index in [9.17, 15) is 14.9 Å². The topological polar surface area (TPSA) is 89.5 Å². The van der Waals surface area contributed by atoms with Crippen LogP contribution in [0.4, 0.5) is 5.69 Å². The van der Waals surface area contributed by atoms with Gasteiger partial charge < -0.3 is 10.6 Å². The second kappa shape index (κ2) is 6.62. The molecule has 0 unspecified atom stereocenters. The Morgan fingerprint density at radius 2 is 2.05 bits per heavy atom. The number of thiocarbonyl (C=S) groups is 1. The lowest BCUT2D eigenvalue weighted by Crippen LogP contribution is -2.46. The molecule has 0 aliphatic heterocycles. The van der Waals surface area contributed by atoms with Gasteiger partial charge in [-0.15, -0.1) is 0 Å². The van der Waals surface area contributed by atoms with Crippen molar-refractivity contribution >= 4 is 28.8 Å². The number of nitrogens with zero attached hydrogens (tertiary/aromatic N) is 2. The summed E-state index contributed by atoms with van der Waals surface area (Å²) in [6, 6.07) is 5.70. The van der Waals surface area contributed by atoms with Crippen LogP contribution in [0.15, 0.2) is 24.3 Å². The SMILES string of the molecule is CC(C)(C)N(CCC(N)=S)C(=O)c1cccc([N+](=O)[O-])c1. The number of nitro benzene ring substituents is 1. The van der Waals surface area contributed by atoms with Crippen molar-refractivity contribution in [1.82, 2.24) is 4.90 Å². The van der Waals surface area contributed by atoms with Crippen molar-refractivity contribution in [2.24, 2.45) is 5.73 Å². The highest BCUT2D eigenvalue weighted by Gasteiger charge is 2.27. The van der Waals surface area contributed by atoms with Gasteiger partial charge in [0.25, 0.3) is 11.6 Å². The maximum absolute atomic E-state index is 12.6. The van der Waals surface area contributed by atoms with Crippen LogP contribution in [0.5, 0.6) is 0 Å². The second-order valence-electron chi connectivity index (χ2n) is 5.65. The van der Waals surface area contributed by atoms with Gasteiger partial charge >= 0.3 is 0 Å². The van der Waals surface area contributed by atoms with E-state index in [0.29, 0.717) is 18.0 Å². The van der Waals surface area contributed by atoms with Crippen LogP contribution >= 0.6 is 12.2 Å². The van der Waals surface area contributed by atoms with Crippen molar-refractivity contribution < 1.29 is 9.72 Å². The lowest BCUT2D eigenvalue weighted by molar-refractivity contribution is -0.384. The normalized spacial score (nSPS) is 11.0. The molecule has 1 rings (SSSR count). The molecule has 1 aromatic carbocycles. The molecular weight excluding hydrogens is 290 g/mol. The molecule has 0 fully saturated rings. The average molecular weight is 309 g/mol. The quantitative estimate of drug-likeness (QED) is 0.513. The van der Waals surface area contributed by atoms with Crippen LogP contribution in [0.1, 0.15) is 37.6 Å². The molecule has 1 amide bonds. The molecule has 114 valence electrons. The summed E-state index contributed by atoms with van der Waals surface area (Å²) in [5, 5.41) is 10.8. The van der Waals surface area contributed by atoms with E-state index < -0.39 is 10.5 Å². The van der Waals surface area contributed by atoms with Crippen LogP contribution in [-0.4, -0.2) is 32.8 Å². The molecule has 0 saturated carbocycles. The van der Waals surface area contributed by atoms with Gasteiger partial charge in [0, 0.05) is 36.2 Å². The Hall–Kier alpha value is -2.02. The molecule has 1 aromatic rings. The van der Waals surface area contributed by atoms with E-state index in [4.69, 9.17) is 18.0 Å². The zero-order valence-electron chi connectivity index (χ0n) is 12.3. The van der Waals surface area contributed by atoms with Crippen LogP contribution in [0.2, 0.25) is 0 Å². The smallest absolute Gasteiger partial charge is 0.270 e. The number of amides is 1. The van der Waals surface area contributed by atoms with Gasteiger partial charge in [0.15, 0.2) is 0 Å². The van der Waals surface area contributed by atoms with Crippen LogP contribution < -0.4 is 5.73 Å². The molecule has 2 N–H and O–H groups in total. The number of nitrogens with two attached hydrogens (primary N) is 1. The number of hydrogen-bond acceptors (Lipinski definition) is 4. The van der Waals surface area contributed by atoms with E-state index in [1.165, 1.54) is 18.2 Å². The summed E-state index contributed by atoms with van der Waals surface area (Å²) in [6.07, 6.45) is 0.410. The second-order valence-corrected chi connectivity index (χ2v) is 6.18. The zero-order valence-corrected chi connectivity index (χ0v) is 13.1. The monoisotopic (exact) mass is 309 g/mol. The van der Waals surface area contributed by atoms with Gasteiger partial charge in [-0.1, -0.05) is 18.3 Å². The molecule has 0 radical (unpaired) electrons. The van der Waals surface area contributed by atoms with Crippen molar-refractivity contribution in [1.29, 1.82) is 0 Å². The van der Waals surface area contributed by atoms with E-state index in [0.717, 1.165) is 0 Å². The van der Waals surface area contributed by atoms with Crippen molar-refractivity contribution in [3.05, 3.63) is 39.9 Å². The number of hydrogen-bond donors (Lipinski definition) is 1. The van der Waals surface area contributed by atoms with Crippen LogP contribution in [-0.2, 0) is 0 Å². The maximum Gasteiger partial charge on any atom is 0.270 e. The predicted octanol–water partition coefficient (Wildman–Crippen LogP) is 2.51. The summed E-state index contributed by atoms with van der Waals surface area (Å²) < 4.78 is 0. The minimum atomic E-state index is -0.521. The number of carbonyl (C=O) groups excluding carboxylic acids is 1. The maximum atomic E-state index is 12.6. The zero-order chi connectivity index (χ0) is 16.2. The molecule has 0 heterocycles. The van der Waals surface area contributed by atoms with Crippen LogP contribution in [0.3, 0.4) is 0 Å². The van der Waals surface area contributed by atoms with Gasteiger partial charge in [0.05, 0.1) is 9.91 Å². The van der Waals surface area contributed by atoms with Crippen molar-refractivity contribution in [3.8, 4) is 0 Å². The fraction of sp³-hybridized carbons (Fsp3) is 0.429. The summed E-state index contributed by atoms with van der Waals surface area (Å²) in [4.78, 5) is 24.8. The largest absolute Gasteiger partial charge is 0.393 e. The molecule has 0 aromatic heterocycles. The molecule has 7 heteroatoms. The highest BCUT2D eigenvalue weighted by Crippen LogP contribution is 2.20. The Kier molecular flexibility index (Phi) is 5.37. The van der Waals surface area contributed by atoms with Crippen LogP contribution in [0, 0.1) is 10.1 Å². The number of carbonyl (C=O) groups is 1. The van der Waals surface area contributed by atoms with Crippen LogP contribution in [0.25, 0.3) is 0 Å². The van der Waals surface area contributed by atoms with E-state index in [-0.39, 0.29) is 17.2 Å². The lowest BCUT2D eigenvalue weighted by atomic mass is 10.0. The third-order valence-electron chi connectivity index (χ3n) is 2.94. The molecule has 21 heavy (non-hydrogen) atoms. The van der Waals surface area contributed by atoms with E-state index in [1.807, 2.05) is 20.8 Å². The first-order valence-electron chi connectivity index (χ1n) is 6.47. The molecule has 0 aliphatic carbocycles. The lowest BCUT2D eigenvalue weighted by Gasteiger charge is -2.35. The summed E-state index contributed by atoms with van der Waals surface area (Å²) in [5.41, 5.74) is 5.23. The standard InChI is InChI=1S/C14H19N3O3S/c1-14(2,3)16(8-7-12(15)21)13(18)10-5-4-6-11(9-10)17(19)20/h4-6,9H,7-8H2,1-3H3,(H2,15,21). The number of non-ortho nitro benzene ring substituents is 1. The molecular formula is C14H19N3O3S. The summed E-state index contributed by atoms with van der Waals surface area (Å²) in [7, 11) is 0. The summed E-state index contributed by atoms with van der Waals surface area (Å²) >= 11 is 4.85. The Morgan fingerprint density at radius 3 is 2.52 bits per heavy atom. The Bertz CT molecular complexity index is 567. The molecule has 0 aliphatic rings. The average Bonchev–Trinajstić information content (AvgIpc) is 2.36. The fourth-order valence-corrected chi connectivity index (χ4v) is 1.96. The van der Waals surface area contributed by atoms with Gasteiger partial charge in [-0.05, 0) is 26.8 Å². The van der Waals surface area contributed by atoms with Crippen molar-refractivity contribution in [2.45, 2.75) is 32.7 Å². The van der Waals surface area contributed by atoms with E-state index >= 15 is 0 Å². The highest BCUT2D eigenvalue weighted by molar-refractivity contribution is 7.80. The first-order chi connectivity index (χ1) is 9.62. The molecule has 0 bridgehead atoms. The highest BCUT2D eigenvalue weighted by atomic mass is 32.1. The summed E-state index contributed by atoms with van der Waals surface area (Å²) in [6.45, 7) is 6.05. The summed E-state index contributed by atoms with van der Waals surface area (Å²) in [5.74, 6) is -0.276. The van der Waals surface area contributed by atoms with Gasteiger partial charge in [0.2, 0.25) is 0 Å². The first kappa shape index (κ1) is 17.0. The molecule has 0 spiro atoms. The number of rotatable bonds is 5. The third-order valence-corrected chi connectivity index (χ3v) is 3.14. The Balaban J connectivity index is 3.07. The molecule has 6 nitrogen and oxygen atoms in total. The van der Waals surface area contributed by atoms with Gasteiger partial charge in [-0.2, -0.15) is 0 Å². The predicted molar refractivity (Wildman–Crippen MR) is 85.3 cm³/mol. The fourth-order valence-electron chi connectivity index (χ4n) is 1.87. The van der Waals surface area contributed by atoms with Crippen molar-refractivity contribution in [2.75, 3.05) is 6.54 Å².